The Labute approximate surface area is 244 Å². The van der Waals surface area contributed by atoms with E-state index in [0.29, 0.717) is 35.1 Å². The monoisotopic (exact) mass is 570 g/mol. The van der Waals surface area contributed by atoms with Gasteiger partial charge in [-0.15, -0.1) is 23.5 Å². The number of piperazine rings is 1. The molecule has 214 valence electrons. The number of hydrogen-bond donors (Lipinski definition) is 1. The Morgan fingerprint density at radius 2 is 1.38 bits per heavy atom. The minimum Gasteiger partial charge on any atom is -0.507 e. The van der Waals surface area contributed by atoms with Gasteiger partial charge < -0.3 is 14.9 Å². The van der Waals surface area contributed by atoms with Gasteiger partial charge in [-0.2, -0.15) is 0 Å². The number of nitrogens with zero attached hydrogens (tertiary/aromatic N) is 2. The molecule has 1 aliphatic rings. The second kappa shape index (κ2) is 12.6. The lowest BCUT2D eigenvalue weighted by molar-refractivity contribution is -0.128. The minimum atomic E-state index is -0.154. The molecule has 0 bridgehead atoms. The molecular formula is C32H46N2O3S2. The van der Waals surface area contributed by atoms with Gasteiger partial charge in [0.05, 0.1) is 5.75 Å². The van der Waals surface area contributed by atoms with Crippen LogP contribution in [0.3, 0.4) is 0 Å². The van der Waals surface area contributed by atoms with Crippen molar-refractivity contribution in [1.29, 1.82) is 0 Å². The number of anilines is 1. The summed E-state index contributed by atoms with van der Waals surface area (Å²) in [5.74, 6) is 1.16. The highest BCUT2D eigenvalue weighted by Gasteiger charge is 2.28. The first kappa shape index (κ1) is 31.4. The largest absolute Gasteiger partial charge is 0.507 e. The average molecular weight is 571 g/mol. The number of thioether (sulfide) groups is 2. The van der Waals surface area contributed by atoms with E-state index in [1.165, 1.54) is 4.90 Å². The molecule has 0 saturated carbocycles. The number of carbonyl (C=O) groups excluding carboxylic acids is 2. The van der Waals surface area contributed by atoms with Gasteiger partial charge in [-0.1, -0.05) is 55.4 Å². The summed E-state index contributed by atoms with van der Waals surface area (Å²) >= 11 is 3.55. The lowest BCUT2D eigenvalue weighted by Crippen LogP contribution is -2.49. The maximum absolute atomic E-state index is 13.0. The Balaban J connectivity index is 1.55. The molecule has 3 rings (SSSR count). The number of Topliss-reactive ketones (excluding diaryl/α,β-unsaturated/α-hetero) is 1. The summed E-state index contributed by atoms with van der Waals surface area (Å²) in [6.07, 6.45) is 0. The van der Waals surface area contributed by atoms with Crippen molar-refractivity contribution in [2.24, 2.45) is 0 Å². The zero-order chi connectivity index (χ0) is 29.1. The van der Waals surface area contributed by atoms with E-state index in [1.807, 2.05) is 40.9 Å². The molecule has 1 fully saturated rings. The third-order valence-corrected chi connectivity index (χ3v) is 10.2. The first-order chi connectivity index (χ1) is 18.1. The molecule has 1 N–H and O–H groups in total. The molecule has 1 saturated heterocycles. The van der Waals surface area contributed by atoms with Crippen molar-refractivity contribution in [3.8, 4) is 5.75 Å². The Kier molecular flexibility index (Phi) is 10.1. The highest BCUT2D eigenvalue weighted by Crippen LogP contribution is 2.43. The maximum atomic E-state index is 13.0. The summed E-state index contributed by atoms with van der Waals surface area (Å²) in [5.41, 5.74) is 3.47. The van der Waals surface area contributed by atoms with Crippen molar-refractivity contribution < 1.29 is 14.7 Å². The number of phenolic OH excluding ortho intramolecular Hbond substituents is 1. The molecule has 0 aromatic heterocycles. The Morgan fingerprint density at radius 1 is 0.872 bits per heavy atom. The van der Waals surface area contributed by atoms with Crippen LogP contribution in [0.5, 0.6) is 5.75 Å². The van der Waals surface area contributed by atoms with Crippen molar-refractivity contribution in [1.82, 2.24) is 4.90 Å². The molecule has 1 heterocycles. The van der Waals surface area contributed by atoms with Gasteiger partial charge in [0.25, 0.3) is 0 Å². The zero-order valence-corrected chi connectivity index (χ0v) is 26.8. The summed E-state index contributed by atoms with van der Waals surface area (Å²) in [7, 11) is 0. The van der Waals surface area contributed by atoms with E-state index < -0.39 is 0 Å². The molecule has 0 unspecified atom stereocenters. The lowest BCUT2D eigenvalue weighted by atomic mass is 9.79. The van der Waals surface area contributed by atoms with E-state index in [9.17, 15) is 14.7 Å². The molecule has 2 atom stereocenters. The fourth-order valence-electron chi connectivity index (χ4n) is 4.68. The predicted molar refractivity (Wildman–Crippen MR) is 168 cm³/mol. The van der Waals surface area contributed by atoms with Crippen LogP contribution in [-0.2, 0) is 15.6 Å². The summed E-state index contributed by atoms with van der Waals surface area (Å²) in [5, 5.41) is 11.6. The topological polar surface area (TPSA) is 60.9 Å². The summed E-state index contributed by atoms with van der Waals surface area (Å²) in [6.45, 7) is 21.9. The van der Waals surface area contributed by atoms with Gasteiger partial charge in [0, 0.05) is 64.0 Å². The standard InChI is InChI=1S/C32H46N2O3S2/c1-21(35)24-10-12-25(13-11-24)33-14-16-34(17-15-33)29(36)20-38-22(2)23(3)39-26-18-27(31(4,5)6)30(37)28(19-26)32(7,8)9/h10-13,18-19,22-23,37H,14-17,20H2,1-9H3/t22-,23-/m0/s1. The maximum Gasteiger partial charge on any atom is 0.232 e. The van der Waals surface area contributed by atoms with Crippen molar-refractivity contribution >= 4 is 40.9 Å². The van der Waals surface area contributed by atoms with Gasteiger partial charge in [-0.25, -0.2) is 0 Å². The number of rotatable bonds is 8. The van der Waals surface area contributed by atoms with Gasteiger partial charge >= 0.3 is 0 Å². The Morgan fingerprint density at radius 3 is 1.85 bits per heavy atom. The highest BCUT2D eigenvalue weighted by atomic mass is 32.2. The molecule has 0 radical (unpaired) electrons. The van der Waals surface area contributed by atoms with E-state index in [2.05, 4.69) is 72.4 Å². The number of carbonyl (C=O) groups is 2. The fourth-order valence-corrected chi connectivity index (χ4v) is 6.93. The highest BCUT2D eigenvalue weighted by molar-refractivity contribution is 8.04. The van der Waals surface area contributed by atoms with Gasteiger partial charge in [0.1, 0.15) is 5.75 Å². The minimum absolute atomic E-state index is 0.0730. The SMILES string of the molecule is CC(=O)c1ccc(N2CCN(C(=O)CS[C@@H](C)[C@H](C)Sc3cc(C(C)(C)C)c(O)c(C(C)(C)C)c3)CC2)cc1. The molecular weight excluding hydrogens is 524 g/mol. The van der Waals surface area contributed by atoms with Crippen molar-refractivity contribution in [3.05, 3.63) is 53.1 Å². The van der Waals surface area contributed by atoms with Gasteiger partial charge in [0.15, 0.2) is 5.78 Å². The molecule has 1 amide bonds. The van der Waals surface area contributed by atoms with Crippen molar-refractivity contribution in [2.45, 2.75) is 88.5 Å². The predicted octanol–water partition coefficient (Wildman–Crippen LogP) is 7.14. The number of benzene rings is 2. The number of aromatic hydroxyl groups is 1. The quantitative estimate of drug-likeness (QED) is 0.269. The van der Waals surface area contributed by atoms with E-state index in [0.717, 1.165) is 35.5 Å². The molecule has 1 aliphatic heterocycles. The fraction of sp³-hybridized carbons (Fsp3) is 0.562. The van der Waals surface area contributed by atoms with Crippen LogP contribution in [0.15, 0.2) is 41.3 Å². The smallest absolute Gasteiger partial charge is 0.232 e. The van der Waals surface area contributed by atoms with E-state index in [1.54, 1.807) is 18.7 Å². The van der Waals surface area contributed by atoms with Crippen LogP contribution < -0.4 is 4.90 Å². The van der Waals surface area contributed by atoms with Crippen LogP contribution >= 0.6 is 23.5 Å². The Bertz CT molecular complexity index is 1120. The second-order valence-electron chi connectivity index (χ2n) is 12.7. The normalized spacial score (nSPS) is 16.2. The van der Waals surface area contributed by atoms with Crippen LogP contribution in [0, 0.1) is 0 Å². The van der Waals surface area contributed by atoms with Crippen molar-refractivity contribution in [3.63, 3.8) is 0 Å². The van der Waals surface area contributed by atoms with Crippen LogP contribution in [0.2, 0.25) is 0 Å². The van der Waals surface area contributed by atoms with E-state index in [-0.39, 0.29) is 22.5 Å². The van der Waals surface area contributed by atoms with Crippen LogP contribution in [0.25, 0.3) is 0 Å². The van der Waals surface area contributed by atoms with Crippen molar-refractivity contribution in [2.75, 3.05) is 36.8 Å². The van der Waals surface area contributed by atoms with Crippen LogP contribution in [0.1, 0.15) is 83.8 Å². The van der Waals surface area contributed by atoms with Crippen LogP contribution in [0.4, 0.5) is 5.69 Å². The van der Waals surface area contributed by atoms with E-state index >= 15 is 0 Å². The average Bonchev–Trinajstić information content (AvgIpc) is 2.86. The number of ketones is 1. The molecule has 2 aromatic carbocycles. The van der Waals surface area contributed by atoms with Gasteiger partial charge in [-0.05, 0) is 54.2 Å². The summed E-state index contributed by atoms with van der Waals surface area (Å²) in [6, 6.07) is 12.0. The number of hydrogen-bond acceptors (Lipinski definition) is 6. The molecule has 0 spiro atoms. The Hall–Kier alpha value is -2.12. The lowest BCUT2D eigenvalue weighted by Gasteiger charge is -2.36. The third-order valence-electron chi connectivity index (χ3n) is 7.42. The summed E-state index contributed by atoms with van der Waals surface area (Å²) < 4.78 is 0. The third kappa shape index (κ3) is 8.20. The van der Waals surface area contributed by atoms with Gasteiger partial charge in [-0.3, -0.25) is 9.59 Å². The number of amides is 1. The zero-order valence-electron chi connectivity index (χ0n) is 25.1. The number of phenols is 1. The first-order valence-electron chi connectivity index (χ1n) is 13.9. The van der Waals surface area contributed by atoms with Gasteiger partial charge in [0.2, 0.25) is 5.91 Å². The first-order valence-corrected chi connectivity index (χ1v) is 15.8. The molecule has 7 heteroatoms. The summed E-state index contributed by atoms with van der Waals surface area (Å²) in [4.78, 5) is 30.0. The second-order valence-corrected chi connectivity index (χ2v) is 15.5. The van der Waals surface area contributed by atoms with E-state index in [4.69, 9.17) is 0 Å². The molecule has 2 aromatic rings. The van der Waals surface area contributed by atoms with Crippen LogP contribution in [-0.4, -0.2) is 64.1 Å². The molecule has 0 aliphatic carbocycles. The molecule has 5 nitrogen and oxygen atoms in total. The molecule has 39 heavy (non-hydrogen) atoms.